The fourth-order valence-electron chi connectivity index (χ4n) is 1.66. The van der Waals surface area contributed by atoms with Gasteiger partial charge in [-0.25, -0.2) is 18.1 Å². The molecule has 3 N–H and O–H groups in total. The lowest BCUT2D eigenvalue weighted by Crippen LogP contribution is -2.26. The first kappa shape index (κ1) is 15.2. The third-order valence-electron chi connectivity index (χ3n) is 2.56. The van der Waals surface area contributed by atoms with Crippen molar-refractivity contribution in [1.82, 2.24) is 20.0 Å². The van der Waals surface area contributed by atoms with Crippen LogP contribution in [0.2, 0.25) is 0 Å². The van der Waals surface area contributed by atoms with Gasteiger partial charge in [-0.2, -0.15) is 0 Å². The van der Waals surface area contributed by atoms with Crippen molar-refractivity contribution in [3.8, 4) is 0 Å². The summed E-state index contributed by atoms with van der Waals surface area (Å²) in [7, 11) is -1.85. The van der Waals surface area contributed by atoms with Crippen molar-refractivity contribution in [2.75, 3.05) is 13.6 Å². The molecule has 20 heavy (non-hydrogen) atoms. The first-order valence-electron chi connectivity index (χ1n) is 5.93. The Morgan fingerprint density at radius 2 is 2.30 bits per heavy atom. The average molecular weight is 363 g/mol. The molecule has 0 radical (unpaired) electrons. The van der Waals surface area contributed by atoms with E-state index in [2.05, 4.69) is 35.9 Å². The van der Waals surface area contributed by atoms with E-state index in [1.54, 1.807) is 19.4 Å². The SMILES string of the molecule is CNCc1cc(S(=O)(=O)NCCc2ncc[nH]2)c(Br)o1. The molecule has 9 heteroatoms. The number of nitrogens with one attached hydrogen (secondary N) is 3. The lowest BCUT2D eigenvalue weighted by atomic mass is 10.4. The van der Waals surface area contributed by atoms with Crippen LogP contribution in [-0.4, -0.2) is 32.0 Å². The largest absolute Gasteiger partial charge is 0.452 e. The number of rotatable bonds is 7. The molecule has 0 aliphatic carbocycles. The molecular formula is C11H15BrN4O3S. The van der Waals surface area contributed by atoms with E-state index in [4.69, 9.17) is 4.42 Å². The Morgan fingerprint density at radius 1 is 1.50 bits per heavy atom. The van der Waals surface area contributed by atoms with Crippen molar-refractivity contribution >= 4 is 26.0 Å². The quantitative estimate of drug-likeness (QED) is 0.682. The van der Waals surface area contributed by atoms with Crippen molar-refractivity contribution in [3.63, 3.8) is 0 Å². The van der Waals surface area contributed by atoms with Crippen LogP contribution in [0.15, 0.2) is 32.4 Å². The molecular weight excluding hydrogens is 348 g/mol. The molecule has 0 saturated heterocycles. The number of nitrogens with zero attached hydrogens (tertiary/aromatic N) is 1. The van der Waals surface area contributed by atoms with Gasteiger partial charge >= 0.3 is 0 Å². The summed E-state index contributed by atoms with van der Waals surface area (Å²) in [6.45, 7) is 0.718. The van der Waals surface area contributed by atoms with Gasteiger partial charge < -0.3 is 14.7 Å². The molecule has 0 aromatic carbocycles. The third kappa shape index (κ3) is 3.69. The molecule has 0 amide bonds. The summed E-state index contributed by atoms with van der Waals surface area (Å²) in [5.74, 6) is 1.28. The molecule has 0 aliphatic rings. The van der Waals surface area contributed by atoms with Crippen LogP contribution in [-0.2, 0) is 23.0 Å². The Balaban J connectivity index is 2.02. The average Bonchev–Trinajstić information content (AvgIpc) is 2.99. The summed E-state index contributed by atoms with van der Waals surface area (Å²) in [6.07, 6.45) is 3.81. The fraction of sp³-hybridized carbons (Fsp3) is 0.364. The predicted molar refractivity (Wildman–Crippen MR) is 76.7 cm³/mol. The molecule has 7 nitrogen and oxygen atoms in total. The number of imidazole rings is 1. The van der Waals surface area contributed by atoms with Crippen molar-refractivity contribution in [1.29, 1.82) is 0 Å². The summed E-state index contributed by atoms with van der Waals surface area (Å²) in [6, 6.07) is 1.50. The minimum atomic E-state index is -3.60. The van der Waals surface area contributed by atoms with Crippen LogP contribution in [0.1, 0.15) is 11.6 Å². The number of aromatic amines is 1. The van der Waals surface area contributed by atoms with Crippen LogP contribution in [0.5, 0.6) is 0 Å². The monoisotopic (exact) mass is 362 g/mol. The van der Waals surface area contributed by atoms with Crippen molar-refractivity contribution in [3.05, 3.63) is 34.7 Å². The number of H-pyrrole nitrogens is 1. The smallest absolute Gasteiger partial charge is 0.244 e. The van der Waals surface area contributed by atoms with Gasteiger partial charge in [-0.1, -0.05) is 0 Å². The van der Waals surface area contributed by atoms with Gasteiger partial charge in [0.2, 0.25) is 10.0 Å². The van der Waals surface area contributed by atoms with Gasteiger partial charge in [0.1, 0.15) is 16.5 Å². The summed E-state index contributed by atoms with van der Waals surface area (Å²) in [4.78, 5) is 7.04. The van der Waals surface area contributed by atoms with Gasteiger partial charge in [0, 0.05) is 31.4 Å². The molecule has 2 aromatic rings. The number of hydrogen-bond donors (Lipinski definition) is 3. The van der Waals surface area contributed by atoms with Crippen molar-refractivity contribution < 1.29 is 12.8 Å². The van der Waals surface area contributed by atoms with Crippen LogP contribution < -0.4 is 10.0 Å². The van der Waals surface area contributed by atoms with Crippen LogP contribution in [0.3, 0.4) is 0 Å². The van der Waals surface area contributed by atoms with Gasteiger partial charge in [0.25, 0.3) is 0 Å². The predicted octanol–water partition coefficient (Wildman–Crippen LogP) is 1.01. The Bertz CT molecular complexity index is 651. The molecule has 0 fully saturated rings. The summed E-state index contributed by atoms with van der Waals surface area (Å²) in [5.41, 5.74) is 0. The van der Waals surface area contributed by atoms with E-state index >= 15 is 0 Å². The highest BCUT2D eigenvalue weighted by atomic mass is 79.9. The zero-order valence-corrected chi connectivity index (χ0v) is 13.2. The van der Waals surface area contributed by atoms with E-state index in [9.17, 15) is 8.42 Å². The maximum Gasteiger partial charge on any atom is 0.244 e. The summed E-state index contributed by atoms with van der Waals surface area (Å²) < 4.78 is 32.3. The molecule has 2 heterocycles. The lowest BCUT2D eigenvalue weighted by molar-refractivity contribution is 0.470. The second kappa shape index (κ2) is 6.53. The molecule has 0 spiro atoms. The number of hydrogen-bond acceptors (Lipinski definition) is 5. The normalized spacial score (nSPS) is 11.9. The highest BCUT2D eigenvalue weighted by Crippen LogP contribution is 2.25. The zero-order chi connectivity index (χ0) is 14.6. The molecule has 2 aromatic heterocycles. The third-order valence-corrected chi connectivity index (χ3v) is 4.87. The number of halogens is 1. The molecule has 0 aliphatic heterocycles. The molecule has 0 atom stereocenters. The summed E-state index contributed by atoms with van der Waals surface area (Å²) in [5, 5.41) is 2.90. The van der Waals surface area contributed by atoms with Gasteiger partial charge in [-0.05, 0) is 23.0 Å². The van der Waals surface area contributed by atoms with E-state index in [1.165, 1.54) is 6.07 Å². The first-order chi connectivity index (χ1) is 9.53. The fourth-order valence-corrected chi connectivity index (χ4v) is 3.69. The van der Waals surface area contributed by atoms with E-state index in [0.29, 0.717) is 18.7 Å². The zero-order valence-electron chi connectivity index (χ0n) is 10.8. The highest BCUT2D eigenvalue weighted by molar-refractivity contribution is 9.10. The van der Waals surface area contributed by atoms with Gasteiger partial charge in [-0.3, -0.25) is 0 Å². The van der Waals surface area contributed by atoms with Crippen LogP contribution in [0, 0.1) is 0 Å². The maximum atomic E-state index is 12.1. The van der Waals surface area contributed by atoms with E-state index < -0.39 is 10.0 Å². The molecule has 0 unspecified atom stereocenters. The Hall–Kier alpha value is -1.16. The summed E-state index contributed by atoms with van der Waals surface area (Å²) >= 11 is 3.12. The van der Waals surface area contributed by atoms with Gasteiger partial charge in [-0.15, -0.1) is 0 Å². The van der Waals surface area contributed by atoms with E-state index in [1.807, 2.05) is 0 Å². The molecule has 0 saturated carbocycles. The second-order valence-electron chi connectivity index (χ2n) is 4.06. The number of furan rings is 1. The van der Waals surface area contributed by atoms with Crippen LogP contribution >= 0.6 is 15.9 Å². The Labute approximate surface area is 125 Å². The molecule has 0 bridgehead atoms. The van der Waals surface area contributed by atoms with Gasteiger partial charge in [0.15, 0.2) is 4.67 Å². The van der Waals surface area contributed by atoms with Crippen LogP contribution in [0.25, 0.3) is 0 Å². The standard InChI is InChI=1S/C11H15BrN4O3S/c1-13-7-8-6-9(11(12)19-8)20(17,18)16-3-2-10-14-4-5-15-10/h4-6,13,16H,2-3,7H2,1H3,(H,14,15). The lowest BCUT2D eigenvalue weighted by Gasteiger charge is -2.03. The van der Waals surface area contributed by atoms with E-state index in [-0.39, 0.29) is 16.1 Å². The number of aromatic nitrogens is 2. The second-order valence-corrected chi connectivity index (χ2v) is 6.52. The molecule has 110 valence electrons. The van der Waals surface area contributed by atoms with Gasteiger partial charge in [0.05, 0.1) is 6.54 Å². The van der Waals surface area contributed by atoms with Crippen molar-refractivity contribution in [2.24, 2.45) is 0 Å². The minimum absolute atomic E-state index is 0.0993. The first-order valence-corrected chi connectivity index (χ1v) is 8.21. The topological polar surface area (TPSA) is 100 Å². The molecule has 2 rings (SSSR count). The highest BCUT2D eigenvalue weighted by Gasteiger charge is 2.21. The minimum Gasteiger partial charge on any atom is -0.452 e. The number of sulfonamides is 1. The Kier molecular flexibility index (Phi) is 4.97. The van der Waals surface area contributed by atoms with Crippen molar-refractivity contribution in [2.45, 2.75) is 17.9 Å². The Morgan fingerprint density at radius 3 is 2.95 bits per heavy atom. The maximum absolute atomic E-state index is 12.1. The van der Waals surface area contributed by atoms with Crippen LogP contribution in [0.4, 0.5) is 0 Å². The van der Waals surface area contributed by atoms with E-state index in [0.717, 1.165) is 5.82 Å².